The van der Waals surface area contributed by atoms with Crippen LogP contribution in [0.1, 0.15) is 38.2 Å². The first-order valence-electron chi connectivity index (χ1n) is 7.96. The second-order valence-corrected chi connectivity index (χ2v) is 5.88. The molecule has 0 heterocycles. The highest BCUT2D eigenvalue weighted by molar-refractivity contribution is 5.73. The van der Waals surface area contributed by atoms with Crippen LogP contribution in [-0.4, -0.2) is 26.2 Å². The van der Waals surface area contributed by atoms with Crippen LogP contribution in [-0.2, 0) is 5.54 Å². The Bertz CT molecular complexity index is 439. The Labute approximate surface area is 127 Å². The molecule has 2 amide bonds. The molecule has 0 aromatic heterocycles. The standard InChI is InChI=1S/C17H27N3O/c1-3-20-17(15-7-5-4-6-8-15)11-9-14(10-12-17)13-19-16(21)18-2/h4-8,14,20H,3,9-13H2,1-2H3,(H2,18,19,21). The SMILES string of the molecule is CCNC1(c2ccccc2)CCC(CNC(=O)NC)CC1. The molecule has 3 N–H and O–H groups in total. The van der Waals surface area contributed by atoms with E-state index in [-0.39, 0.29) is 11.6 Å². The Kier molecular flexibility index (Phi) is 5.62. The van der Waals surface area contributed by atoms with Gasteiger partial charge in [-0.15, -0.1) is 0 Å². The number of benzene rings is 1. The van der Waals surface area contributed by atoms with Crippen molar-refractivity contribution >= 4 is 6.03 Å². The van der Waals surface area contributed by atoms with Gasteiger partial charge < -0.3 is 16.0 Å². The van der Waals surface area contributed by atoms with Crippen molar-refractivity contribution in [2.75, 3.05) is 20.1 Å². The molecule has 0 atom stereocenters. The Morgan fingerprint density at radius 1 is 1.24 bits per heavy atom. The van der Waals surface area contributed by atoms with Crippen molar-refractivity contribution in [3.63, 3.8) is 0 Å². The fourth-order valence-electron chi connectivity index (χ4n) is 3.36. The van der Waals surface area contributed by atoms with Gasteiger partial charge in [-0.1, -0.05) is 37.3 Å². The normalized spacial score (nSPS) is 25.3. The minimum Gasteiger partial charge on any atom is -0.341 e. The second kappa shape index (κ2) is 7.46. The van der Waals surface area contributed by atoms with Crippen molar-refractivity contribution in [1.82, 2.24) is 16.0 Å². The van der Waals surface area contributed by atoms with Crippen LogP contribution in [0.25, 0.3) is 0 Å². The Hall–Kier alpha value is -1.55. The predicted molar refractivity (Wildman–Crippen MR) is 86.2 cm³/mol. The van der Waals surface area contributed by atoms with E-state index < -0.39 is 0 Å². The fourth-order valence-corrected chi connectivity index (χ4v) is 3.36. The van der Waals surface area contributed by atoms with Gasteiger partial charge >= 0.3 is 6.03 Å². The number of rotatable bonds is 5. The number of carbonyl (C=O) groups is 1. The van der Waals surface area contributed by atoms with Crippen LogP contribution in [0.15, 0.2) is 30.3 Å². The maximum Gasteiger partial charge on any atom is 0.314 e. The van der Waals surface area contributed by atoms with E-state index in [1.165, 1.54) is 5.56 Å². The van der Waals surface area contributed by atoms with Crippen molar-refractivity contribution in [2.24, 2.45) is 5.92 Å². The summed E-state index contributed by atoms with van der Waals surface area (Å²) in [6.07, 6.45) is 4.55. The highest BCUT2D eigenvalue weighted by Gasteiger charge is 2.35. The summed E-state index contributed by atoms with van der Waals surface area (Å²) in [6, 6.07) is 10.7. The molecular formula is C17H27N3O. The molecule has 21 heavy (non-hydrogen) atoms. The van der Waals surface area contributed by atoms with E-state index in [1.807, 2.05) is 0 Å². The van der Waals surface area contributed by atoms with Crippen molar-refractivity contribution in [3.8, 4) is 0 Å². The van der Waals surface area contributed by atoms with Crippen molar-refractivity contribution in [2.45, 2.75) is 38.1 Å². The van der Waals surface area contributed by atoms with Gasteiger partial charge in [-0.05, 0) is 43.7 Å². The lowest BCUT2D eigenvalue weighted by Gasteiger charge is -2.41. The minimum atomic E-state index is -0.0819. The van der Waals surface area contributed by atoms with Crippen molar-refractivity contribution in [1.29, 1.82) is 0 Å². The lowest BCUT2D eigenvalue weighted by atomic mass is 9.72. The van der Waals surface area contributed by atoms with Crippen LogP contribution < -0.4 is 16.0 Å². The molecule has 0 saturated heterocycles. The topological polar surface area (TPSA) is 53.2 Å². The molecule has 0 spiro atoms. The van der Waals surface area contributed by atoms with E-state index in [1.54, 1.807) is 7.05 Å². The van der Waals surface area contributed by atoms with Crippen LogP contribution >= 0.6 is 0 Å². The van der Waals surface area contributed by atoms with Gasteiger partial charge in [-0.25, -0.2) is 4.79 Å². The summed E-state index contributed by atoms with van der Waals surface area (Å²) in [5.41, 5.74) is 1.50. The van der Waals surface area contributed by atoms with Crippen molar-refractivity contribution in [3.05, 3.63) is 35.9 Å². The first-order chi connectivity index (χ1) is 10.2. The van der Waals surface area contributed by atoms with Crippen molar-refractivity contribution < 1.29 is 4.79 Å². The molecule has 0 bridgehead atoms. The van der Waals surface area contributed by atoms with E-state index in [4.69, 9.17) is 0 Å². The maximum absolute atomic E-state index is 11.3. The quantitative estimate of drug-likeness (QED) is 0.780. The average molecular weight is 289 g/mol. The molecule has 1 fully saturated rings. The molecule has 0 unspecified atom stereocenters. The summed E-state index contributed by atoms with van der Waals surface area (Å²) in [6.45, 7) is 3.93. The summed E-state index contributed by atoms with van der Waals surface area (Å²) < 4.78 is 0. The summed E-state index contributed by atoms with van der Waals surface area (Å²) in [7, 11) is 1.65. The highest BCUT2D eigenvalue weighted by atomic mass is 16.2. The van der Waals surface area contributed by atoms with Crippen LogP contribution in [0.2, 0.25) is 0 Å². The third kappa shape index (κ3) is 3.97. The van der Waals surface area contributed by atoms with Gasteiger partial charge in [-0.2, -0.15) is 0 Å². The van der Waals surface area contributed by atoms with Gasteiger partial charge in [0.1, 0.15) is 0 Å². The molecule has 4 nitrogen and oxygen atoms in total. The van der Waals surface area contributed by atoms with Gasteiger partial charge in [-0.3, -0.25) is 0 Å². The number of carbonyl (C=O) groups excluding carboxylic acids is 1. The van der Waals surface area contributed by atoms with Gasteiger partial charge in [0.2, 0.25) is 0 Å². The van der Waals surface area contributed by atoms with Crippen LogP contribution in [0.3, 0.4) is 0 Å². The lowest BCUT2D eigenvalue weighted by molar-refractivity contribution is 0.187. The molecule has 1 saturated carbocycles. The molecule has 116 valence electrons. The zero-order valence-corrected chi connectivity index (χ0v) is 13.1. The predicted octanol–water partition coefficient (Wildman–Crippen LogP) is 2.61. The van der Waals surface area contributed by atoms with Gasteiger partial charge in [0.25, 0.3) is 0 Å². The molecule has 0 aliphatic heterocycles. The number of amides is 2. The van der Waals surface area contributed by atoms with Crippen LogP contribution in [0, 0.1) is 5.92 Å². The Balaban J connectivity index is 1.96. The molecule has 1 aromatic rings. The van der Waals surface area contributed by atoms with E-state index in [2.05, 4.69) is 53.2 Å². The summed E-state index contributed by atoms with van der Waals surface area (Å²) in [4.78, 5) is 11.3. The Morgan fingerprint density at radius 2 is 1.90 bits per heavy atom. The van der Waals surface area contributed by atoms with Gasteiger partial charge in [0.15, 0.2) is 0 Å². The minimum absolute atomic E-state index is 0.0819. The summed E-state index contributed by atoms with van der Waals surface area (Å²) >= 11 is 0. The summed E-state index contributed by atoms with van der Waals surface area (Å²) in [5, 5.41) is 9.25. The largest absolute Gasteiger partial charge is 0.341 e. The van der Waals surface area contributed by atoms with E-state index in [9.17, 15) is 4.79 Å². The van der Waals surface area contributed by atoms with E-state index in [0.717, 1.165) is 38.8 Å². The molecule has 1 aliphatic rings. The molecule has 1 aliphatic carbocycles. The molecular weight excluding hydrogens is 262 g/mol. The molecule has 4 heteroatoms. The highest BCUT2D eigenvalue weighted by Crippen LogP contribution is 2.39. The number of nitrogens with one attached hydrogen (secondary N) is 3. The van der Waals surface area contributed by atoms with Gasteiger partial charge in [0, 0.05) is 19.1 Å². The monoisotopic (exact) mass is 289 g/mol. The average Bonchev–Trinajstić information content (AvgIpc) is 2.55. The third-order valence-corrected chi connectivity index (χ3v) is 4.58. The number of hydrogen-bond acceptors (Lipinski definition) is 2. The maximum atomic E-state index is 11.3. The Morgan fingerprint density at radius 3 is 2.48 bits per heavy atom. The third-order valence-electron chi connectivity index (χ3n) is 4.58. The zero-order valence-electron chi connectivity index (χ0n) is 13.1. The van der Waals surface area contributed by atoms with Crippen LogP contribution in [0.5, 0.6) is 0 Å². The lowest BCUT2D eigenvalue weighted by Crippen LogP contribution is -2.46. The summed E-state index contributed by atoms with van der Waals surface area (Å²) in [5.74, 6) is 0.581. The first kappa shape index (κ1) is 15.8. The van der Waals surface area contributed by atoms with E-state index >= 15 is 0 Å². The van der Waals surface area contributed by atoms with Gasteiger partial charge in [0.05, 0.1) is 0 Å². The second-order valence-electron chi connectivity index (χ2n) is 5.88. The number of hydrogen-bond donors (Lipinski definition) is 3. The zero-order chi connectivity index (χ0) is 15.1. The smallest absolute Gasteiger partial charge is 0.314 e. The molecule has 0 radical (unpaired) electrons. The number of urea groups is 1. The molecule has 1 aromatic carbocycles. The molecule has 2 rings (SSSR count). The first-order valence-corrected chi connectivity index (χ1v) is 7.96. The van der Waals surface area contributed by atoms with E-state index in [0.29, 0.717) is 5.92 Å². The fraction of sp³-hybridized carbons (Fsp3) is 0.588. The van der Waals surface area contributed by atoms with Crippen LogP contribution in [0.4, 0.5) is 4.79 Å².